The molecule has 17 nitrogen and oxygen atoms in total. The van der Waals surface area contributed by atoms with Crippen molar-refractivity contribution in [3.05, 3.63) is 12.2 Å². The highest BCUT2D eigenvalue weighted by Crippen LogP contribution is 2.71. The number of hydrogen-bond donors (Lipinski definition) is 8. The Bertz CT molecular complexity index is 1100. The van der Waals surface area contributed by atoms with E-state index in [1.807, 2.05) is 6.92 Å². The Balaban J connectivity index is 2.93. The van der Waals surface area contributed by atoms with Crippen molar-refractivity contribution in [1.82, 2.24) is 20.9 Å². The summed E-state index contributed by atoms with van der Waals surface area (Å²) in [6, 6.07) is -1.93. The minimum atomic E-state index is -5.76. The van der Waals surface area contributed by atoms with Gasteiger partial charge in [-0.15, -0.1) is 0 Å². The lowest BCUT2D eigenvalue weighted by molar-refractivity contribution is -0.145. The molecule has 9 N–H and O–H groups in total. The van der Waals surface area contributed by atoms with Gasteiger partial charge in [-0.2, -0.15) is 0 Å². The summed E-state index contributed by atoms with van der Waals surface area (Å²) in [4.78, 5) is 102. The number of carbonyl (C=O) groups is 5. The largest absolute Gasteiger partial charge is 0.429 e. The molecule has 1 saturated heterocycles. The standard InChI is InChI=1S/C23H41N5O12P2/c1-4-5-8-16(27-21(32)17-9-6-12-28(17)19(30)14-26-18(29)13-24)20(31)25-11-7-10-23(41(34,35)36,42(37,38)39)40-22(33)15(2)3/h16-17H,2,4-14,24H2,1,3H3,(H,25,31)(H,26,29)(H,27,32)(H2,34,35,36)(H2,37,38,39)/t16-,17-/m0/s1. The third kappa shape index (κ3) is 10.3. The average Bonchev–Trinajstić information content (AvgIpc) is 3.39. The number of nitrogens with zero attached hydrogens (tertiary/aromatic N) is 1. The van der Waals surface area contributed by atoms with Crippen LogP contribution in [0.25, 0.3) is 0 Å². The Kier molecular flexibility index (Phi) is 14.5. The van der Waals surface area contributed by atoms with Gasteiger partial charge in [-0.25, -0.2) is 4.79 Å². The molecule has 1 fully saturated rings. The maximum Gasteiger partial charge on any atom is 0.381 e. The van der Waals surface area contributed by atoms with Crippen LogP contribution in [0.5, 0.6) is 0 Å². The third-order valence-electron chi connectivity index (χ3n) is 6.47. The van der Waals surface area contributed by atoms with Crippen LogP contribution in [-0.4, -0.2) is 97.4 Å². The van der Waals surface area contributed by atoms with Crippen LogP contribution in [0.1, 0.15) is 58.8 Å². The fraction of sp³-hybridized carbons (Fsp3) is 0.696. The molecular weight excluding hydrogens is 600 g/mol. The maximum atomic E-state index is 13.1. The lowest BCUT2D eigenvalue weighted by Gasteiger charge is -2.34. The van der Waals surface area contributed by atoms with Crippen LogP contribution in [-0.2, 0) is 37.8 Å². The van der Waals surface area contributed by atoms with E-state index in [1.54, 1.807) is 0 Å². The summed E-state index contributed by atoms with van der Waals surface area (Å²) in [5, 5.41) is 3.93. The van der Waals surface area contributed by atoms with Crippen LogP contribution in [0.4, 0.5) is 0 Å². The van der Waals surface area contributed by atoms with Crippen molar-refractivity contribution in [3.8, 4) is 0 Å². The highest BCUT2D eigenvalue weighted by molar-refractivity contribution is 7.72. The van der Waals surface area contributed by atoms with Crippen molar-refractivity contribution in [2.75, 3.05) is 26.2 Å². The molecule has 1 rings (SSSR count). The first-order chi connectivity index (χ1) is 19.4. The smallest absolute Gasteiger partial charge is 0.381 e. The number of likely N-dealkylation sites (tertiary alicyclic amines) is 1. The van der Waals surface area contributed by atoms with Crippen LogP contribution in [0, 0.1) is 0 Å². The highest BCUT2D eigenvalue weighted by Gasteiger charge is 2.63. The van der Waals surface area contributed by atoms with Gasteiger partial charge in [0.1, 0.15) is 12.1 Å². The van der Waals surface area contributed by atoms with E-state index in [0.717, 1.165) is 6.92 Å². The van der Waals surface area contributed by atoms with Crippen LogP contribution < -0.4 is 21.7 Å². The maximum absolute atomic E-state index is 13.1. The molecule has 0 saturated carbocycles. The molecule has 0 aliphatic carbocycles. The number of esters is 1. The molecule has 2 atom stereocenters. The number of unbranched alkanes of at least 4 members (excludes halogenated alkanes) is 1. The summed E-state index contributed by atoms with van der Waals surface area (Å²) < 4.78 is 28.9. The van der Waals surface area contributed by atoms with Gasteiger partial charge in [0.2, 0.25) is 23.6 Å². The Morgan fingerprint density at radius 2 is 1.71 bits per heavy atom. The Morgan fingerprint density at radius 1 is 1.10 bits per heavy atom. The molecule has 0 aromatic rings. The first kappa shape index (κ1) is 37.4. The van der Waals surface area contributed by atoms with E-state index < -0.39 is 74.8 Å². The SMILES string of the molecule is C=C(C)C(=O)OC(CCCNC(=O)[C@H](CCCC)NC(=O)[C@@H]1CCCN1C(=O)CNC(=O)CN)(P(=O)(O)O)P(=O)(O)O. The van der Waals surface area contributed by atoms with Crippen LogP contribution in [0.15, 0.2) is 12.2 Å². The molecule has 0 spiro atoms. The third-order valence-corrected chi connectivity index (χ3v) is 10.5. The monoisotopic (exact) mass is 641 g/mol. The van der Waals surface area contributed by atoms with Gasteiger partial charge in [0.05, 0.1) is 13.1 Å². The van der Waals surface area contributed by atoms with E-state index >= 15 is 0 Å². The molecule has 1 heterocycles. The Hall–Kier alpha value is -2.65. The van der Waals surface area contributed by atoms with E-state index in [1.165, 1.54) is 4.90 Å². The van der Waals surface area contributed by atoms with Crippen molar-refractivity contribution >= 4 is 44.8 Å². The van der Waals surface area contributed by atoms with E-state index in [0.29, 0.717) is 25.7 Å². The number of nitrogens with one attached hydrogen (secondary N) is 3. The van der Waals surface area contributed by atoms with Crippen molar-refractivity contribution in [2.24, 2.45) is 5.73 Å². The van der Waals surface area contributed by atoms with Gasteiger partial charge >= 0.3 is 26.2 Å². The number of nitrogens with two attached hydrogens (primary N) is 1. The summed E-state index contributed by atoms with van der Waals surface area (Å²) in [6.07, 6.45) is 0.846. The highest BCUT2D eigenvalue weighted by atomic mass is 31.2. The second kappa shape index (κ2) is 16.3. The number of carbonyl (C=O) groups excluding carboxylic acids is 5. The number of amides is 4. The molecule has 0 radical (unpaired) electrons. The summed E-state index contributed by atoms with van der Waals surface area (Å²) in [6.45, 7) is 5.51. The summed E-state index contributed by atoms with van der Waals surface area (Å²) in [7, 11) is -11.5. The molecule has 19 heteroatoms. The fourth-order valence-electron chi connectivity index (χ4n) is 4.15. The zero-order valence-corrected chi connectivity index (χ0v) is 25.4. The molecule has 1 aliphatic heterocycles. The average molecular weight is 642 g/mol. The number of hydrogen-bond acceptors (Lipinski definition) is 9. The van der Waals surface area contributed by atoms with E-state index in [-0.39, 0.29) is 38.2 Å². The first-order valence-electron chi connectivity index (χ1n) is 13.3. The van der Waals surface area contributed by atoms with E-state index in [4.69, 9.17) is 5.73 Å². The van der Waals surface area contributed by atoms with Gasteiger partial charge in [0.25, 0.3) is 0 Å². The predicted molar refractivity (Wildman–Crippen MR) is 148 cm³/mol. The van der Waals surface area contributed by atoms with Crippen LogP contribution >= 0.6 is 15.2 Å². The van der Waals surface area contributed by atoms with E-state index in [9.17, 15) is 52.7 Å². The van der Waals surface area contributed by atoms with Crippen LogP contribution in [0.2, 0.25) is 0 Å². The molecule has 240 valence electrons. The zero-order valence-electron chi connectivity index (χ0n) is 23.6. The molecule has 4 amide bonds. The van der Waals surface area contributed by atoms with Crippen molar-refractivity contribution in [3.63, 3.8) is 0 Å². The van der Waals surface area contributed by atoms with Crippen LogP contribution in [0.3, 0.4) is 0 Å². The van der Waals surface area contributed by atoms with Crippen molar-refractivity contribution in [2.45, 2.75) is 76.0 Å². The zero-order chi connectivity index (χ0) is 32.3. The van der Waals surface area contributed by atoms with Gasteiger partial charge in [0.15, 0.2) is 0 Å². The quantitative estimate of drug-likeness (QED) is 0.0400. The minimum Gasteiger partial charge on any atom is -0.429 e. The second-order valence-electron chi connectivity index (χ2n) is 9.83. The van der Waals surface area contributed by atoms with Gasteiger partial charge < -0.3 is 50.9 Å². The molecule has 0 aromatic heterocycles. The van der Waals surface area contributed by atoms with Gasteiger partial charge in [0, 0.05) is 25.1 Å². The van der Waals surface area contributed by atoms with Gasteiger partial charge in [-0.05, 0) is 32.6 Å². The van der Waals surface area contributed by atoms with E-state index in [2.05, 4.69) is 27.3 Å². The number of ether oxygens (including phenoxy) is 1. The normalized spacial score (nSPS) is 16.4. The Labute approximate surface area is 243 Å². The Morgan fingerprint density at radius 3 is 2.24 bits per heavy atom. The van der Waals surface area contributed by atoms with Gasteiger partial charge in [-0.3, -0.25) is 28.3 Å². The lowest BCUT2D eigenvalue weighted by Crippen LogP contribution is -2.54. The molecule has 1 aliphatic rings. The lowest BCUT2D eigenvalue weighted by atomic mass is 10.1. The summed E-state index contributed by atoms with van der Waals surface area (Å²) >= 11 is 0. The molecule has 42 heavy (non-hydrogen) atoms. The minimum absolute atomic E-state index is 0.215. The van der Waals surface area contributed by atoms with Crippen molar-refractivity contribution < 1.29 is 57.4 Å². The summed E-state index contributed by atoms with van der Waals surface area (Å²) in [5.41, 5.74) is 4.86. The predicted octanol–water partition coefficient (Wildman–Crippen LogP) is -1.25. The topological polar surface area (TPSA) is 275 Å². The second-order valence-corrected chi connectivity index (χ2v) is 13.8. The first-order valence-corrected chi connectivity index (χ1v) is 16.5. The fourth-order valence-corrected chi connectivity index (χ4v) is 6.81. The molecule has 0 bridgehead atoms. The van der Waals surface area contributed by atoms with Crippen molar-refractivity contribution in [1.29, 1.82) is 0 Å². The number of rotatable bonds is 17. The summed E-state index contributed by atoms with van der Waals surface area (Å²) in [5.74, 6) is -3.72. The van der Waals surface area contributed by atoms with Gasteiger partial charge in [-0.1, -0.05) is 26.3 Å². The molecule has 0 unspecified atom stereocenters. The molecular formula is C23H41N5O12P2. The molecule has 0 aromatic carbocycles.